The molecule has 0 bridgehead atoms. The lowest BCUT2D eigenvalue weighted by molar-refractivity contribution is -0.276. The van der Waals surface area contributed by atoms with Crippen molar-refractivity contribution in [1.82, 2.24) is 4.98 Å². The molecule has 8 heteroatoms. The molecular weight excluding hydrogens is 255 g/mol. The fourth-order valence-corrected chi connectivity index (χ4v) is 1.27. The minimum absolute atomic E-state index is 0.194. The Morgan fingerprint density at radius 2 is 1.94 bits per heavy atom. The number of carbonyl (C=O) groups excluding carboxylic acids is 1. The zero-order valence-electron chi connectivity index (χ0n) is 9.79. The summed E-state index contributed by atoms with van der Waals surface area (Å²) in [6, 6.07) is 1.24. The molecule has 1 aromatic rings. The van der Waals surface area contributed by atoms with Crippen molar-refractivity contribution in [2.45, 2.75) is 13.3 Å². The lowest BCUT2D eigenvalue weighted by Crippen LogP contribution is -2.19. The molecule has 18 heavy (non-hydrogen) atoms. The highest BCUT2D eigenvalue weighted by Gasteiger charge is 2.34. The smallest absolute Gasteiger partial charge is 0.491 e. The highest BCUT2D eigenvalue weighted by atomic mass is 19.4. The first-order chi connectivity index (χ1) is 8.28. The molecule has 0 unspecified atom stereocenters. The maximum atomic E-state index is 12.2. The van der Waals surface area contributed by atoms with Gasteiger partial charge in [-0.05, 0) is 18.6 Å². The van der Waals surface area contributed by atoms with Gasteiger partial charge in [0.2, 0.25) is 0 Å². The zero-order valence-corrected chi connectivity index (χ0v) is 9.79. The van der Waals surface area contributed by atoms with Crippen molar-refractivity contribution >= 4 is 5.97 Å². The molecule has 0 aliphatic carbocycles. The molecular formula is C10H10F3NO4. The van der Waals surface area contributed by atoms with Crippen molar-refractivity contribution in [3.63, 3.8) is 0 Å². The first-order valence-electron chi connectivity index (χ1n) is 4.68. The molecule has 0 atom stereocenters. The van der Waals surface area contributed by atoms with Crippen LogP contribution in [0.3, 0.4) is 0 Å². The average Bonchev–Trinajstić information content (AvgIpc) is 2.25. The van der Waals surface area contributed by atoms with Gasteiger partial charge in [-0.3, -0.25) is 0 Å². The van der Waals surface area contributed by atoms with Crippen molar-refractivity contribution in [2.24, 2.45) is 0 Å². The number of esters is 1. The van der Waals surface area contributed by atoms with Crippen LogP contribution in [0.4, 0.5) is 13.2 Å². The van der Waals surface area contributed by atoms with Crippen LogP contribution < -0.4 is 9.47 Å². The number of hydrogen-bond donors (Lipinski definition) is 0. The normalized spacial score (nSPS) is 11.0. The Balaban J connectivity index is 3.28. The second kappa shape index (κ2) is 5.11. The molecule has 0 fully saturated rings. The topological polar surface area (TPSA) is 57.7 Å². The number of pyridine rings is 1. The maximum absolute atomic E-state index is 12.2. The third-order valence-electron chi connectivity index (χ3n) is 1.94. The van der Waals surface area contributed by atoms with E-state index in [1.54, 1.807) is 0 Å². The van der Waals surface area contributed by atoms with Gasteiger partial charge in [-0.15, -0.1) is 13.2 Å². The van der Waals surface area contributed by atoms with E-state index in [4.69, 9.17) is 4.74 Å². The van der Waals surface area contributed by atoms with Crippen LogP contribution in [0.1, 0.15) is 16.1 Å². The van der Waals surface area contributed by atoms with Gasteiger partial charge in [-0.25, -0.2) is 9.78 Å². The zero-order chi connectivity index (χ0) is 13.9. The van der Waals surface area contributed by atoms with Gasteiger partial charge in [0.05, 0.1) is 14.2 Å². The van der Waals surface area contributed by atoms with E-state index in [2.05, 4.69) is 14.5 Å². The summed E-state index contributed by atoms with van der Waals surface area (Å²) in [6.07, 6.45) is -4.93. The number of rotatable bonds is 3. The summed E-state index contributed by atoms with van der Waals surface area (Å²) in [7, 11) is 2.26. The van der Waals surface area contributed by atoms with Crippen molar-refractivity contribution in [1.29, 1.82) is 0 Å². The van der Waals surface area contributed by atoms with Crippen LogP contribution in [-0.2, 0) is 4.74 Å². The molecule has 0 aliphatic rings. The summed E-state index contributed by atoms with van der Waals surface area (Å²) >= 11 is 0. The van der Waals surface area contributed by atoms with Crippen LogP contribution in [-0.4, -0.2) is 31.5 Å². The van der Waals surface area contributed by atoms with E-state index >= 15 is 0 Å². The molecule has 1 rings (SSSR count). The number of halogens is 3. The van der Waals surface area contributed by atoms with Gasteiger partial charge in [-0.1, -0.05) is 0 Å². The summed E-state index contributed by atoms with van der Waals surface area (Å²) in [6.45, 7) is 1.45. The molecule has 0 aliphatic heterocycles. The second-order valence-electron chi connectivity index (χ2n) is 3.20. The first kappa shape index (κ1) is 14.1. The van der Waals surface area contributed by atoms with Crippen molar-refractivity contribution < 1.29 is 32.2 Å². The lowest BCUT2D eigenvalue weighted by Gasteiger charge is -2.14. The number of aromatic nitrogens is 1. The van der Waals surface area contributed by atoms with Crippen LogP contribution in [0.2, 0.25) is 0 Å². The van der Waals surface area contributed by atoms with E-state index in [1.165, 1.54) is 20.1 Å². The molecule has 0 N–H and O–H groups in total. The minimum Gasteiger partial charge on any atom is -0.491 e. The number of hydrogen-bond acceptors (Lipinski definition) is 5. The van der Waals surface area contributed by atoms with E-state index in [0.717, 1.165) is 7.11 Å². The van der Waals surface area contributed by atoms with Crippen LogP contribution in [0.15, 0.2) is 6.07 Å². The second-order valence-corrected chi connectivity index (χ2v) is 3.20. The molecule has 0 spiro atoms. The van der Waals surface area contributed by atoms with E-state index in [-0.39, 0.29) is 17.0 Å². The largest absolute Gasteiger partial charge is 0.574 e. The van der Waals surface area contributed by atoms with Crippen LogP contribution in [0, 0.1) is 6.92 Å². The van der Waals surface area contributed by atoms with Gasteiger partial charge in [0.25, 0.3) is 5.88 Å². The summed E-state index contributed by atoms with van der Waals surface area (Å²) in [5.74, 6) is -1.89. The van der Waals surface area contributed by atoms with Crippen LogP contribution >= 0.6 is 0 Å². The summed E-state index contributed by atoms with van der Waals surface area (Å²) in [4.78, 5) is 14.6. The lowest BCUT2D eigenvalue weighted by atomic mass is 10.2. The Labute approximate surface area is 100 Å². The van der Waals surface area contributed by atoms with Gasteiger partial charge < -0.3 is 14.2 Å². The van der Waals surface area contributed by atoms with Gasteiger partial charge in [0.1, 0.15) is 0 Å². The van der Waals surface area contributed by atoms with E-state index in [9.17, 15) is 18.0 Å². The highest BCUT2D eigenvalue weighted by molar-refractivity contribution is 5.87. The molecule has 1 heterocycles. The van der Waals surface area contributed by atoms with Gasteiger partial charge in [0, 0.05) is 0 Å². The van der Waals surface area contributed by atoms with Gasteiger partial charge in [0.15, 0.2) is 11.4 Å². The Morgan fingerprint density at radius 3 is 2.39 bits per heavy atom. The molecule has 100 valence electrons. The monoisotopic (exact) mass is 265 g/mol. The Bertz CT molecular complexity index is 459. The number of carbonyl (C=O) groups is 1. The van der Waals surface area contributed by atoms with Crippen molar-refractivity contribution in [2.75, 3.05) is 14.2 Å². The van der Waals surface area contributed by atoms with Gasteiger partial charge in [-0.2, -0.15) is 0 Å². The standard InChI is InChI=1S/C10H10F3NO4/c1-5-4-6(9(15)17-3)14-8(7(5)16-2)18-10(11,12)13/h4H,1-3H3. The number of nitrogens with zero attached hydrogens (tertiary/aromatic N) is 1. The number of ether oxygens (including phenoxy) is 3. The Hall–Kier alpha value is -1.99. The van der Waals surface area contributed by atoms with E-state index in [1.807, 2.05) is 0 Å². The molecule has 0 saturated heterocycles. The Morgan fingerprint density at radius 1 is 1.33 bits per heavy atom. The molecule has 0 radical (unpaired) electrons. The number of methoxy groups -OCH3 is 2. The molecule has 5 nitrogen and oxygen atoms in total. The van der Waals surface area contributed by atoms with Crippen molar-refractivity contribution in [3.05, 3.63) is 17.3 Å². The third-order valence-corrected chi connectivity index (χ3v) is 1.94. The fourth-order valence-electron chi connectivity index (χ4n) is 1.27. The quantitative estimate of drug-likeness (QED) is 0.783. The predicted molar refractivity (Wildman–Crippen MR) is 53.5 cm³/mol. The molecule has 1 aromatic heterocycles. The maximum Gasteiger partial charge on any atom is 0.574 e. The molecule has 0 aromatic carbocycles. The predicted octanol–water partition coefficient (Wildman–Crippen LogP) is 2.08. The summed E-state index contributed by atoms with van der Waals surface area (Å²) < 4.78 is 49.3. The summed E-state index contributed by atoms with van der Waals surface area (Å²) in [5, 5.41) is 0. The van der Waals surface area contributed by atoms with Crippen LogP contribution in [0.25, 0.3) is 0 Å². The number of aryl methyl sites for hydroxylation is 1. The fraction of sp³-hybridized carbons (Fsp3) is 0.400. The molecule has 0 saturated carbocycles. The van der Waals surface area contributed by atoms with E-state index in [0.29, 0.717) is 0 Å². The number of alkyl halides is 3. The Kier molecular flexibility index (Phi) is 4.00. The average molecular weight is 265 g/mol. The third kappa shape index (κ3) is 3.25. The van der Waals surface area contributed by atoms with E-state index < -0.39 is 18.2 Å². The summed E-state index contributed by atoms with van der Waals surface area (Å²) in [5.41, 5.74) is -0.0257. The van der Waals surface area contributed by atoms with Crippen molar-refractivity contribution in [3.8, 4) is 11.6 Å². The SMILES string of the molecule is COC(=O)c1cc(C)c(OC)c(OC(F)(F)F)n1. The first-order valence-corrected chi connectivity index (χ1v) is 4.68. The minimum atomic E-state index is -4.93. The highest BCUT2D eigenvalue weighted by Crippen LogP contribution is 2.33. The molecule has 0 amide bonds. The van der Waals surface area contributed by atoms with Crippen LogP contribution in [0.5, 0.6) is 11.6 Å². The van der Waals surface area contributed by atoms with Gasteiger partial charge >= 0.3 is 12.3 Å².